The highest BCUT2D eigenvalue weighted by atomic mass is 16.6. The van der Waals surface area contributed by atoms with Gasteiger partial charge in [-0.05, 0) is 48.7 Å². The van der Waals surface area contributed by atoms with Crippen LogP contribution < -0.4 is 10.1 Å². The summed E-state index contributed by atoms with van der Waals surface area (Å²) >= 11 is 0. The lowest BCUT2D eigenvalue weighted by Gasteiger charge is -2.28. The van der Waals surface area contributed by atoms with E-state index in [9.17, 15) is 14.9 Å². The second kappa shape index (κ2) is 8.62. The van der Waals surface area contributed by atoms with E-state index in [4.69, 9.17) is 9.15 Å². The summed E-state index contributed by atoms with van der Waals surface area (Å²) in [5.74, 6) is 0.808. The van der Waals surface area contributed by atoms with Gasteiger partial charge in [-0.3, -0.25) is 14.9 Å². The van der Waals surface area contributed by atoms with Crippen molar-refractivity contribution in [3.05, 3.63) is 82.4 Å². The summed E-state index contributed by atoms with van der Waals surface area (Å²) in [7, 11) is 1.55. The molecule has 1 fully saturated rings. The Morgan fingerprint density at radius 3 is 2.50 bits per heavy atom. The number of methoxy groups -OCH3 is 1. The fourth-order valence-corrected chi connectivity index (χ4v) is 4.70. The number of fused-ring (bicyclic) bond motifs is 1. The topological polar surface area (TPSA) is 108 Å². The highest BCUT2D eigenvalue weighted by Gasteiger charge is 2.43. The first kappa shape index (κ1) is 21.6. The molecule has 1 amide bonds. The Kier molecular flexibility index (Phi) is 5.49. The van der Waals surface area contributed by atoms with Gasteiger partial charge in [-0.15, -0.1) is 0 Å². The highest BCUT2D eigenvalue weighted by molar-refractivity contribution is 6.01. The third kappa shape index (κ3) is 3.77. The predicted molar refractivity (Wildman–Crippen MR) is 128 cm³/mol. The van der Waals surface area contributed by atoms with Gasteiger partial charge in [-0.25, -0.2) is 4.98 Å². The number of anilines is 1. The summed E-state index contributed by atoms with van der Waals surface area (Å²) in [5, 5.41) is 14.1. The molecule has 0 atom stereocenters. The average molecular weight is 457 g/mol. The second-order valence-corrected chi connectivity index (χ2v) is 8.45. The summed E-state index contributed by atoms with van der Waals surface area (Å²) in [6.45, 7) is 0. The second-order valence-electron chi connectivity index (χ2n) is 8.45. The lowest BCUT2D eigenvalue weighted by molar-refractivity contribution is -0.384. The first-order chi connectivity index (χ1) is 16.5. The van der Waals surface area contributed by atoms with Crippen molar-refractivity contribution in [2.75, 3.05) is 12.4 Å². The van der Waals surface area contributed by atoms with Crippen molar-refractivity contribution in [3.8, 4) is 17.2 Å². The van der Waals surface area contributed by atoms with Crippen LogP contribution in [-0.4, -0.2) is 22.9 Å². The minimum atomic E-state index is -0.756. The standard InChI is InChI=1S/C26H23N3O5/c1-33-22-13-8-17(24-27-20-6-2-3-7-23(20)34-24)16-21(22)28-25(30)26(14-4-5-15-26)18-9-11-19(12-10-18)29(31)32/h2-3,6-13,16H,4-5,14-15H2,1H3,(H,28,30). The van der Waals surface area contributed by atoms with Gasteiger partial charge in [-0.2, -0.15) is 0 Å². The van der Waals surface area contributed by atoms with Crippen LogP contribution in [0.2, 0.25) is 0 Å². The number of rotatable bonds is 6. The number of nitro benzene ring substituents is 1. The molecule has 3 aromatic carbocycles. The molecule has 0 radical (unpaired) electrons. The van der Waals surface area contributed by atoms with E-state index in [-0.39, 0.29) is 11.6 Å². The first-order valence-electron chi connectivity index (χ1n) is 11.1. The molecular formula is C26H23N3O5. The molecule has 4 aromatic rings. The van der Waals surface area contributed by atoms with Crippen LogP contribution in [0.4, 0.5) is 11.4 Å². The molecule has 1 heterocycles. The smallest absolute Gasteiger partial charge is 0.269 e. The molecule has 1 aromatic heterocycles. The van der Waals surface area contributed by atoms with Gasteiger partial charge in [-0.1, -0.05) is 37.1 Å². The number of carbonyl (C=O) groups is 1. The number of nitrogens with one attached hydrogen (secondary N) is 1. The fraction of sp³-hybridized carbons (Fsp3) is 0.231. The molecule has 0 bridgehead atoms. The van der Waals surface area contributed by atoms with Crippen LogP contribution in [0.3, 0.4) is 0 Å². The SMILES string of the molecule is COc1ccc(-c2nc3ccccc3o2)cc1NC(=O)C1(c2ccc([N+](=O)[O-])cc2)CCCC1. The maximum atomic E-state index is 13.7. The van der Waals surface area contributed by atoms with Gasteiger partial charge in [0.05, 0.1) is 23.1 Å². The fourth-order valence-electron chi connectivity index (χ4n) is 4.70. The number of aromatic nitrogens is 1. The van der Waals surface area contributed by atoms with Gasteiger partial charge >= 0.3 is 0 Å². The van der Waals surface area contributed by atoms with Gasteiger partial charge in [0.15, 0.2) is 5.58 Å². The van der Waals surface area contributed by atoms with Gasteiger partial charge in [0.2, 0.25) is 11.8 Å². The van der Waals surface area contributed by atoms with Crippen molar-refractivity contribution < 1.29 is 18.9 Å². The molecule has 1 saturated carbocycles. The van der Waals surface area contributed by atoms with Crippen LogP contribution in [-0.2, 0) is 10.2 Å². The quantitative estimate of drug-likeness (QED) is 0.287. The van der Waals surface area contributed by atoms with E-state index in [2.05, 4.69) is 10.3 Å². The van der Waals surface area contributed by atoms with E-state index < -0.39 is 10.3 Å². The van der Waals surface area contributed by atoms with Crippen molar-refractivity contribution in [2.45, 2.75) is 31.1 Å². The molecule has 0 saturated heterocycles. The van der Waals surface area contributed by atoms with Crippen LogP contribution in [0.5, 0.6) is 5.75 Å². The van der Waals surface area contributed by atoms with Gasteiger partial charge in [0.1, 0.15) is 11.3 Å². The van der Waals surface area contributed by atoms with Crippen molar-refractivity contribution in [3.63, 3.8) is 0 Å². The molecule has 34 heavy (non-hydrogen) atoms. The predicted octanol–water partition coefficient (Wildman–Crippen LogP) is 5.86. The summed E-state index contributed by atoms with van der Waals surface area (Å²) in [6, 6.07) is 19.2. The molecular weight excluding hydrogens is 434 g/mol. The number of amides is 1. The number of carbonyl (C=O) groups excluding carboxylic acids is 1. The number of benzene rings is 3. The summed E-state index contributed by atoms with van der Waals surface area (Å²) in [6.07, 6.45) is 3.16. The number of hydrogen-bond donors (Lipinski definition) is 1. The Labute approximate surface area is 195 Å². The number of nitrogens with zero attached hydrogens (tertiary/aromatic N) is 2. The zero-order valence-corrected chi connectivity index (χ0v) is 18.6. The molecule has 1 aliphatic carbocycles. The van der Waals surface area contributed by atoms with Gasteiger partial charge in [0, 0.05) is 17.7 Å². The number of para-hydroxylation sites is 2. The molecule has 5 rings (SSSR count). The number of non-ortho nitro benzene ring substituents is 1. The lowest BCUT2D eigenvalue weighted by atomic mass is 9.78. The summed E-state index contributed by atoms with van der Waals surface area (Å²) in [5.41, 5.74) is 2.69. The number of nitro groups is 1. The minimum Gasteiger partial charge on any atom is -0.495 e. The van der Waals surface area contributed by atoms with Crippen LogP contribution >= 0.6 is 0 Å². The monoisotopic (exact) mass is 457 g/mol. The Balaban J connectivity index is 1.48. The zero-order valence-electron chi connectivity index (χ0n) is 18.6. The molecule has 1 N–H and O–H groups in total. The van der Waals surface area contributed by atoms with Crippen LogP contribution in [0.25, 0.3) is 22.6 Å². The van der Waals surface area contributed by atoms with Crippen molar-refractivity contribution >= 4 is 28.4 Å². The van der Waals surface area contributed by atoms with Gasteiger partial charge < -0.3 is 14.5 Å². The third-order valence-corrected chi connectivity index (χ3v) is 6.51. The van der Waals surface area contributed by atoms with E-state index in [0.717, 1.165) is 23.9 Å². The number of hydrogen-bond acceptors (Lipinski definition) is 6. The normalized spacial score (nSPS) is 14.7. The van der Waals surface area contributed by atoms with Crippen molar-refractivity contribution in [2.24, 2.45) is 0 Å². The molecule has 8 nitrogen and oxygen atoms in total. The van der Waals surface area contributed by atoms with Crippen molar-refractivity contribution in [1.29, 1.82) is 0 Å². The molecule has 0 spiro atoms. The highest BCUT2D eigenvalue weighted by Crippen LogP contribution is 2.43. The molecule has 172 valence electrons. The first-order valence-corrected chi connectivity index (χ1v) is 11.1. The Hall–Kier alpha value is -4.20. The molecule has 0 unspecified atom stereocenters. The third-order valence-electron chi connectivity index (χ3n) is 6.51. The zero-order chi connectivity index (χ0) is 23.7. The van der Waals surface area contributed by atoms with E-state index in [1.54, 1.807) is 31.4 Å². The molecule has 8 heteroatoms. The maximum Gasteiger partial charge on any atom is 0.269 e. The maximum absolute atomic E-state index is 13.7. The average Bonchev–Trinajstić information content (AvgIpc) is 3.52. The van der Waals surface area contributed by atoms with E-state index >= 15 is 0 Å². The number of oxazole rings is 1. The van der Waals surface area contributed by atoms with E-state index in [0.29, 0.717) is 41.3 Å². The van der Waals surface area contributed by atoms with Crippen LogP contribution in [0.1, 0.15) is 31.2 Å². The summed E-state index contributed by atoms with van der Waals surface area (Å²) < 4.78 is 11.4. The van der Waals surface area contributed by atoms with Crippen LogP contribution in [0, 0.1) is 10.1 Å². The van der Waals surface area contributed by atoms with Crippen LogP contribution in [0.15, 0.2) is 71.1 Å². The Morgan fingerprint density at radius 2 is 1.82 bits per heavy atom. The van der Waals surface area contributed by atoms with Crippen molar-refractivity contribution in [1.82, 2.24) is 4.98 Å². The van der Waals surface area contributed by atoms with E-state index in [1.807, 2.05) is 30.3 Å². The lowest BCUT2D eigenvalue weighted by Crippen LogP contribution is -2.38. The largest absolute Gasteiger partial charge is 0.495 e. The Morgan fingerprint density at radius 1 is 1.09 bits per heavy atom. The molecule has 1 aliphatic rings. The summed E-state index contributed by atoms with van der Waals surface area (Å²) in [4.78, 5) is 28.8. The number of ether oxygens (including phenoxy) is 1. The van der Waals surface area contributed by atoms with Gasteiger partial charge in [0.25, 0.3) is 5.69 Å². The minimum absolute atomic E-state index is 0.00464. The Bertz CT molecular complexity index is 1340. The molecule has 0 aliphatic heterocycles. The van der Waals surface area contributed by atoms with E-state index in [1.165, 1.54) is 12.1 Å².